The fraction of sp³-hybridized carbons (Fsp3) is 0.692. The van der Waals surface area contributed by atoms with Crippen LogP contribution >= 0.6 is 11.3 Å². The number of aliphatic hydroxyl groups excluding tert-OH is 1. The van der Waals surface area contributed by atoms with Crippen LogP contribution in [-0.2, 0) is 6.42 Å². The van der Waals surface area contributed by atoms with Gasteiger partial charge in [-0.25, -0.2) is 0 Å². The standard InChI is InChI=1S/C13H21NOS/c1-10(8-11-6-7-16-9-11)14-12-4-2-3-5-13(12)15/h6-7,9-10,12-15H,2-5,8H2,1H3/t10?,12-,13-/m1/s1. The van der Waals surface area contributed by atoms with Crippen LogP contribution in [0.25, 0.3) is 0 Å². The third kappa shape index (κ3) is 3.30. The first-order chi connectivity index (χ1) is 7.75. The summed E-state index contributed by atoms with van der Waals surface area (Å²) in [6.07, 6.45) is 5.43. The SMILES string of the molecule is CC(Cc1ccsc1)N[C@@H]1CCCC[C@H]1O. The molecule has 1 heterocycles. The molecule has 1 unspecified atom stereocenters. The lowest BCUT2D eigenvalue weighted by Crippen LogP contribution is -2.46. The van der Waals surface area contributed by atoms with Crippen molar-refractivity contribution in [2.75, 3.05) is 0 Å². The van der Waals surface area contributed by atoms with E-state index in [2.05, 4.69) is 29.1 Å². The van der Waals surface area contributed by atoms with Crippen LogP contribution in [-0.4, -0.2) is 23.3 Å². The molecule has 90 valence electrons. The maximum absolute atomic E-state index is 9.88. The lowest BCUT2D eigenvalue weighted by Gasteiger charge is -2.31. The van der Waals surface area contributed by atoms with Crippen LogP contribution in [0.1, 0.15) is 38.2 Å². The molecule has 1 aromatic heterocycles. The van der Waals surface area contributed by atoms with Gasteiger partial charge in [-0.3, -0.25) is 0 Å². The smallest absolute Gasteiger partial charge is 0.0693 e. The zero-order valence-corrected chi connectivity index (χ0v) is 10.7. The molecule has 1 fully saturated rings. The van der Waals surface area contributed by atoms with E-state index in [0.29, 0.717) is 12.1 Å². The average molecular weight is 239 g/mol. The Morgan fingerprint density at radius 1 is 1.50 bits per heavy atom. The molecule has 0 bridgehead atoms. The topological polar surface area (TPSA) is 32.3 Å². The Bertz CT molecular complexity index is 299. The molecule has 0 radical (unpaired) electrons. The second-order valence-electron chi connectivity index (χ2n) is 4.86. The molecule has 3 atom stereocenters. The molecule has 0 saturated heterocycles. The van der Waals surface area contributed by atoms with Crippen molar-refractivity contribution in [3.63, 3.8) is 0 Å². The van der Waals surface area contributed by atoms with Gasteiger partial charge in [-0.15, -0.1) is 0 Å². The van der Waals surface area contributed by atoms with Gasteiger partial charge in [0.05, 0.1) is 6.10 Å². The quantitative estimate of drug-likeness (QED) is 0.846. The minimum Gasteiger partial charge on any atom is -0.392 e. The highest BCUT2D eigenvalue weighted by molar-refractivity contribution is 7.07. The van der Waals surface area contributed by atoms with Gasteiger partial charge in [0.2, 0.25) is 0 Å². The van der Waals surface area contributed by atoms with Gasteiger partial charge in [0.15, 0.2) is 0 Å². The number of hydrogen-bond acceptors (Lipinski definition) is 3. The molecule has 0 aliphatic heterocycles. The molecule has 16 heavy (non-hydrogen) atoms. The molecule has 2 nitrogen and oxygen atoms in total. The predicted molar refractivity (Wildman–Crippen MR) is 68.9 cm³/mol. The van der Waals surface area contributed by atoms with Crippen molar-refractivity contribution < 1.29 is 5.11 Å². The van der Waals surface area contributed by atoms with Gasteiger partial charge in [-0.2, -0.15) is 11.3 Å². The van der Waals surface area contributed by atoms with Crippen molar-refractivity contribution in [3.8, 4) is 0 Å². The first-order valence-corrected chi connectivity index (χ1v) is 7.15. The molecule has 2 N–H and O–H groups in total. The Hall–Kier alpha value is -0.380. The van der Waals surface area contributed by atoms with E-state index in [-0.39, 0.29) is 6.10 Å². The molecule has 3 heteroatoms. The van der Waals surface area contributed by atoms with Crippen LogP contribution in [0.15, 0.2) is 16.8 Å². The van der Waals surface area contributed by atoms with Crippen molar-refractivity contribution in [1.29, 1.82) is 0 Å². The maximum atomic E-state index is 9.88. The zero-order valence-electron chi connectivity index (χ0n) is 9.86. The molecule has 0 spiro atoms. The molecule has 0 amide bonds. The summed E-state index contributed by atoms with van der Waals surface area (Å²) in [4.78, 5) is 0. The van der Waals surface area contributed by atoms with Crippen LogP contribution < -0.4 is 5.32 Å². The summed E-state index contributed by atoms with van der Waals surface area (Å²) in [6.45, 7) is 2.21. The Labute approximate surface area is 102 Å². The summed E-state index contributed by atoms with van der Waals surface area (Å²) in [7, 11) is 0. The third-order valence-electron chi connectivity index (χ3n) is 3.35. The monoisotopic (exact) mass is 239 g/mol. The highest BCUT2D eigenvalue weighted by atomic mass is 32.1. The molecule has 1 saturated carbocycles. The molecule has 1 aromatic rings. The van der Waals surface area contributed by atoms with Gasteiger partial charge < -0.3 is 10.4 Å². The van der Waals surface area contributed by atoms with Crippen molar-refractivity contribution in [2.45, 2.75) is 57.2 Å². The lowest BCUT2D eigenvalue weighted by atomic mass is 9.92. The Morgan fingerprint density at radius 2 is 2.31 bits per heavy atom. The van der Waals surface area contributed by atoms with Gasteiger partial charge in [0.1, 0.15) is 0 Å². The Morgan fingerprint density at radius 3 is 3.00 bits per heavy atom. The van der Waals surface area contributed by atoms with E-state index in [1.165, 1.54) is 18.4 Å². The molecular weight excluding hydrogens is 218 g/mol. The lowest BCUT2D eigenvalue weighted by molar-refractivity contribution is 0.0860. The van der Waals surface area contributed by atoms with E-state index in [4.69, 9.17) is 0 Å². The largest absolute Gasteiger partial charge is 0.392 e. The Balaban J connectivity index is 1.79. The van der Waals surface area contributed by atoms with Gasteiger partial charge in [0, 0.05) is 12.1 Å². The predicted octanol–water partition coefficient (Wildman–Crippen LogP) is 2.57. The van der Waals surface area contributed by atoms with E-state index >= 15 is 0 Å². The van der Waals surface area contributed by atoms with Crippen LogP contribution in [0.4, 0.5) is 0 Å². The molecule has 2 rings (SSSR count). The van der Waals surface area contributed by atoms with Crippen LogP contribution in [0.3, 0.4) is 0 Å². The molecule has 1 aliphatic carbocycles. The number of rotatable bonds is 4. The van der Waals surface area contributed by atoms with Gasteiger partial charge >= 0.3 is 0 Å². The molecular formula is C13H21NOS. The minimum absolute atomic E-state index is 0.140. The highest BCUT2D eigenvalue weighted by Crippen LogP contribution is 2.19. The van der Waals surface area contributed by atoms with E-state index in [1.807, 2.05) is 0 Å². The first kappa shape index (κ1) is 12.1. The summed E-state index contributed by atoms with van der Waals surface area (Å²) in [6, 6.07) is 2.94. The first-order valence-electron chi connectivity index (χ1n) is 6.21. The van der Waals surface area contributed by atoms with Crippen molar-refractivity contribution in [1.82, 2.24) is 5.32 Å². The van der Waals surface area contributed by atoms with Crippen LogP contribution in [0.5, 0.6) is 0 Å². The van der Waals surface area contributed by atoms with Crippen molar-refractivity contribution >= 4 is 11.3 Å². The Kier molecular flexibility index (Phi) is 4.38. The number of nitrogens with one attached hydrogen (secondary N) is 1. The molecule has 0 aromatic carbocycles. The number of thiophene rings is 1. The van der Waals surface area contributed by atoms with Crippen molar-refractivity contribution in [2.24, 2.45) is 0 Å². The number of hydrogen-bond donors (Lipinski definition) is 2. The normalized spacial score (nSPS) is 27.9. The zero-order chi connectivity index (χ0) is 11.4. The van der Waals surface area contributed by atoms with Gasteiger partial charge in [0.25, 0.3) is 0 Å². The summed E-state index contributed by atoms with van der Waals surface area (Å²) < 4.78 is 0. The average Bonchev–Trinajstić information content (AvgIpc) is 2.74. The van der Waals surface area contributed by atoms with Gasteiger partial charge in [-0.1, -0.05) is 12.8 Å². The second kappa shape index (κ2) is 5.80. The fourth-order valence-electron chi connectivity index (χ4n) is 2.49. The highest BCUT2D eigenvalue weighted by Gasteiger charge is 2.23. The number of aliphatic hydroxyl groups is 1. The fourth-order valence-corrected chi connectivity index (χ4v) is 3.17. The van der Waals surface area contributed by atoms with Gasteiger partial charge in [-0.05, 0) is 48.6 Å². The van der Waals surface area contributed by atoms with E-state index in [9.17, 15) is 5.11 Å². The molecule has 1 aliphatic rings. The van der Waals surface area contributed by atoms with E-state index in [0.717, 1.165) is 19.3 Å². The van der Waals surface area contributed by atoms with Crippen LogP contribution in [0.2, 0.25) is 0 Å². The minimum atomic E-state index is -0.140. The summed E-state index contributed by atoms with van der Waals surface area (Å²) >= 11 is 1.75. The van der Waals surface area contributed by atoms with Crippen LogP contribution in [0, 0.1) is 0 Å². The summed E-state index contributed by atoms with van der Waals surface area (Å²) in [5.74, 6) is 0. The third-order valence-corrected chi connectivity index (χ3v) is 4.08. The second-order valence-corrected chi connectivity index (χ2v) is 5.64. The van der Waals surface area contributed by atoms with E-state index < -0.39 is 0 Å². The summed E-state index contributed by atoms with van der Waals surface area (Å²) in [5.41, 5.74) is 1.40. The summed E-state index contributed by atoms with van der Waals surface area (Å²) in [5, 5.41) is 17.8. The maximum Gasteiger partial charge on any atom is 0.0693 e. The van der Waals surface area contributed by atoms with E-state index in [1.54, 1.807) is 11.3 Å². The van der Waals surface area contributed by atoms with Crippen molar-refractivity contribution in [3.05, 3.63) is 22.4 Å².